The van der Waals surface area contributed by atoms with Crippen LogP contribution in [0.4, 0.5) is 0 Å². The Kier molecular flexibility index (Phi) is 6.48. The third kappa shape index (κ3) is 4.56. The summed E-state index contributed by atoms with van der Waals surface area (Å²) >= 11 is 0. The molecule has 2 aromatic rings. The molecule has 180 valence electrons. The van der Waals surface area contributed by atoms with Gasteiger partial charge >= 0.3 is 0 Å². The van der Waals surface area contributed by atoms with Gasteiger partial charge in [0.05, 0.1) is 19.3 Å². The molecule has 3 heterocycles. The Morgan fingerprint density at radius 2 is 1.79 bits per heavy atom. The van der Waals surface area contributed by atoms with Crippen molar-refractivity contribution in [2.75, 3.05) is 19.8 Å². The van der Waals surface area contributed by atoms with Crippen molar-refractivity contribution in [1.82, 2.24) is 4.57 Å². The van der Waals surface area contributed by atoms with Crippen molar-refractivity contribution in [3.05, 3.63) is 52.8 Å². The van der Waals surface area contributed by atoms with Gasteiger partial charge < -0.3 is 39.2 Å². The maximum absolute atomic E-state index is 10.5. The SMILES string of the molecule is Cc1c(Cc2ccc(C3CC3)cc2)c(O[C@@H]2O[C@H](CO)[C@@H](O)[C@H](O)[C@H]2O)cn1C1CCOC1. The molecular formula is C25H33NO7. The van der Waals surface area contributed by atoms with Crippen molar-refractivity contribution in [2.45, 2.75) is 75.3 Å². The van der Waals surface area contributed by atoms with Crippen LogP contribution >= 0.6 is 0 Å². The largest absolute Gasteiger partial charge is 0.460 e. The predicted molar refractivity (Wildman–Crippen MR) is 119 cm³/mol. The number of ether oxygens (including phenoxy) is 3. The lowest BCUT2D eigenvalue weighted by Crippen LogP contribution is -2.60. The molecule has 0 spiro atoms. The van der Waals surface area contributed by atoms with Gasteiger partial charge in [-0.2, -0.15) is 0 Å². The van der Waals surface area contributed by atoms with Gasteiger partial charge in [0.15, 0.2) is 0 Å². The summed E-state index contributed by atoms with van der Waals surface area (Å²) in [7, 11) is 0. The molecule has 1 unspecified atom stereocenters. The van der Waals surface area contributed by atoms with E-state index < -0.39 is 37.3 Å². The molecule has 33 heavy (non-hydrogen) atoms. The summed E-state index contributed by atoms with van der Waals surface area (Å²) in [5, 5.41) is 40.2. The van der Waals surface area contributed by atoms with Gasteiger partial charge in [0.2, 0.25) is 6.29 Å². The van der Waals surface area contributed by atoms with Crippen LogP contribution in [0, 0.1) is 6.92 Å². The molecule has 2 saturated heterocycles. The molecule has 1 aliphatic carbocycles. The number of benzene rings is 1. The zero-order valence-corrected chi connectivity index (χ0v) is 18.8. The lowest BCUT2D eigenvalue weighted by atomic mass is 9.99. The summed E-state index contributed by atoms with van der Waals surface area (Å²) in [6.45, 7) is 2.89. The normalized spacial score (nSPS) is 32.3. The molecule has 1 aromatic carbocycles. The second kappa shape index (κ2) is 9.37. The van der Waals surface area contributed by atoms with Gasteiger partial charge in [0.25, 0.3) is 0 Å². The molecule has 6 atom stereocenters. The van der Waals surface area contributed by atoms with Crippen LogP contribution < -0.4 is 4.74 Å². The highest BCUT2D eigenvalue weighted by Gasteiger charge is 2.45. The Morgan fingerprint density at radius 3 is 2.42 bits per heavy atom. The van der Waals surface area contributed by atoms with Crippen LogP contribution in [0.15, 0.2) is 30.5 Å². The van der Waals surface area contributed by atoms with Gasteiger partial charge in [-0.1, -0.05) is 24.3 Å². The van der Waals surface area contributed by atoms with Crippen LogP contribution in [0.2, 0.25) is 0 Å². The van der Waals surface area contributed by atoms with E-state index in [4.69, 9.17) is 14.2 Å². The van der Waals surface area contributed by atoms with E-state index in [2.05, 4.69) is 28.8 Å². The summed E-state index contributed by atoms with van der Waals surface area (Å²) in [4.78, 5) is 0. The molecule has 1 saturated carbocycles. The third-order valence-electron chi connectivity index (χ3n) is 7.18. The first-order valence-electron chi connectivity index (χ1n) is 11.8. The lowest BCUT2D eigenvalue weighted by Gasteiger charge is -2.39. The number of rotatable bonds is 7. The summed E-state index contributed by atoms with van der Waals surface area (Å²) in [5.74, 6) is 1.25. The van der Waals surface area contributed by atoms with E-state index in [1.54, 1.807) is 0 Å². The molecule has 3 fully saturated rings. The zero-order chi connectivity index (χ0) is 23.1. The second-order valence-corrected chi connectivity index (χ2v) is 9.49. The Balaban J connectivity index is 1.43. The van der Waals surface area contributed by atoms with Crippen LogP contribution in [-0.2, 0) is 15.9 Å². The van der Waals surface area contributed by atoms with Gasteiger partial charge in [-0.3, -0.25) is 0 Å². The molecule has 3 aliphatic rings. The highest BCUT2D eigenvalue weighted by molar-refractivity contribution is 5.42. The summed E-state index contributed by atoms with van der Waals surface area (Å²) in [6.07, 6.45) is -0.596. The predicted octanol–water partition coefficient (Wildman–Crippen LogP) is 1.40. The molecule has 0 radical (unpaired) electrons. The first-order valence-corrected chi connectivity index (χ1v) is 11.8. The number of aliphatic hydroxyl groups excluding tert-OH is 4. The molecule has 0 bridgehead atoms. The monoisotopic (exact) mass is 459 g/mol. The molecule has 8 nitrogen and oxygen atoms in total. The minimum absolute atomic E-state index is 0.202. The Morgan fingerprint density at radius 1 is 1.03 bits per heavy atom. The molecule has 0 amide bonds. The van der Waals surface area contributed by atoms with Gasteiger partial charge in [0.1, 0.15) is 30.2 Å². The smallest absolute Gasteiger partial charge is 0.229 e. The van der Waals surface area contributed by atoms with E-state index in [1.807, 2.05) is 13.1 Å². The fourth-order valence-electron chi connectivity index (χ4n) is 4.89. The van der Waals surface area contributed by atoms with Crippen molar-refractivity contribution < 1.29 is 34.6 Å². The highest BCUT2D eigenvalue weighted by Crippen LogP contribution is 2.40. The van der Waals surface area contributed by atoms with E-state index in [9.17, 15) is 20.4 Å². The molecule has 4 N–H and O–H groups in total. The van der Waals surface area contributed by atoms with E-state index in [0.717, 1.165) is 23.2 Å². The average Bonchev–Trinajstić information content (AvgIpc) is 3.45. The second-order valence-electron chi connectivity index (χ2n) is 9.49. The first-order chi connectivity index (χ1) is 16.0. The van der Waals surface area contributed by atoms with Crippen LogP contribution in [-0.4, -0.2) is 75.5 Å². The van der Waals surface area contributed by atoms with Crippen molar-refractivity contribution >= 4 is 0 Å². The fraction of sp³-hybridized carbons (Fsp3) is 0.600. The van der Waals surface area contributed by atoms with Crippen LogP contribution in [0.5, 0.6) is 5.75 Å². The Hall–Kier alpha value is -1.94. The van der Waals surface area contributed by atoms with Crippen molar-refractivity contribution in [3.8, 4) is 5.75 Å². The van der Waals surface area contributed by atoms with Gasteiger partial charge in [-0.25, -0.2) is 0 Å². The number of hydrogen-bond donors (Lipinski definition) is 4. The Labute approximate surface area is 193 Å². The zero-order valence-electron chi connectivity index (χ0n) is 18.8. The standard InChI is InChI=1S/C25H33NO7/c1-14-19(10-15-2-4-16(5-3-15)17-6-7-17)20(11-26(14)18-8-9-31-13-18)32-25-24(30)23(29)22(28)21(12-27)33-25/h2-5,11,17-18,21-25,27-30H,6-10,12-13H2,1H3/t18?,21-,22-,23+,24-,25-/m1/s1. The maximum atomic E-state index is 10.5. The third-order valence-corrected chi connectivity index (χ3v) is 7.18. The number of hydrogen-bond acceptors (Lipinski definition) is 7. The molecule has 5 rings (SSSR count). The van der Waals surface area contributed by atoms with Crippen molar-refractivity contribution in [2.24, 2.45) is 0 Å². The van der Waals surface area contributed by atoms with Crippen molar-refractivity contribution in [1.29, 1.82) is 0 Å². The van der Waals surface area contributed by atoms with Gasteiger partial charge in [0, 0.05) is 30.5 Å². The highest BCUT2D eigenvalue weighted by atomic mass is 16.7. The molecule has 1 aromatic heterocycles. The summed E-state index contributed by atoms with van der Waals surface area (Å²) in [5.41, 5.74) is 4.56. The minimum Gasteiger partial charge on any atom is -0.460 e. The van der Waals surface area contributed by atoms with Crippen molar-refractivity contribution in [3.63, 3.8) is 0 Å². The fourth-order valence-corrected chi connectivity index (χ4v) is 4.89. The molecule has 2 aliphatic heterocycles. The lowest BCUT2D eigenvalue weighted by molar-refractivity contribution is -0.277. The number of aromatic nitrogens is 1. The minimum atomic E-state index is -1.48. The summed E-state index contributed by atoms with van der Waals surface area (Å²) < 4.78 is 19.4. The summed E-state index contributed by atoms with van der Waals surface area (Å²) in [6, 6.07) is 8.90. The van der Waals surface area contributed by atoms with E-state index in [-0.39, 0.29) is 6.04 Å². The van der Waals surface area contributed by atoms with E-state index >= 15 is 0 Å². The van der Waals surface area contributed by atoms with E-state index in [0.29, 0.717) is 31.3 Å². The number of aliphatic hydroxyl groups is 4. The van der Waals surface area contributed by atoms with E-state index in [1.165, 1.54) is 18.4 Å². The van der Waals surface area contributed by atoms with Crippen LogP contribution in [0.3, 0.4) is 0 Å². The maximum Gasteiger partial charge on any atom is 0.229 e. The topological polar surface area (TPSA) is 114 Å². The van der Waals surface area contributed by atoms with Gasteiger partial charge in [-0.05, 0) is 43.2 Å². The first kappa shape index (κ1) is 22.8. The van der Waals surface area contributed by atoms with Gasteiger partial charge in [-0.15, -0.1) is 0 Å². The van der Waals surface area contributed by atoms with Crippen LogP contribution in [0.1, 0.15) is 53.6 Å². The average molecular weight is 460 g/mol. The molecule has 8 heteroatoms. The molecular weight excluding hydrogens is 426 g/mol. The van der Waals surface area contributed by atoms with Crippen LogP contribution in [0.25, 0.3) is 0 Å². The quantitative estimate of drug-likeness (QED) is 0.495. The Bertz CT molecular complexity index is 946. The number of nitrogens with zero attached hydrogens (tertiary/aromatic N) is 1.